The molecule has 0 aromatic heterocycles. The van der Waals surface area contributed by atoms with E-state index in [9.17, 15) is 24.0 Å². The van der Waals surface area contributed by atoms with Crippen LogP contribution in [0.15, 0.2) is 41.4 Å². The van der Waals surface area contributed by atoms with Crippen LogP contribution in [0.5, 0.6) is 5.75 Å². The second-order valence-electron chi connectivity index (χ2n) is 17.1. The van der Waals surface area contributed by atoms with Crippen LogP contribution in [0.3, 0.4) is 0 Å². The molecule has 1 aromatic carbocycles. The number of carbonyl (C=O) groups excluding carboxylic acids is 5. The van der Waals surface area contributed by atoms with Gasteiger partial charge in [0, 0.05) is 0 Å². The normalized spacial score (nSPS) is 25.5. The molecule has 16 heteroatoms. The molecule has 0 spiro atoms. The summed E-state index contributed by atoms with van der Waals surface area (Å²) in [7, 11) is 0. The second-order valence-corrected chi connectivity index (χ2v) is 19.7. The van der Waals surface area contributed by atoms with Gasteiger partial charge in [-0.2, -0.15) is 0 Å². The molecule has 2 fully saturated rings. The average Bonchev–Trinajstić information content (AvgIpc) is 3.58. The van der Waals surface area contributed by atoms with Gasteiger partial charge in [0.05, 0.1) is 0 Å². The van der Waals surface area contributed by atoms with E-state index in [1.807, 2.05) is 13.0 Å². The van der Waals surface area contributed by atoms with E-state index in [0.29, 0.717) is 44.1 Å². The van der Waals surface area contributed by atoms with Crippen LogP contribution >= 0.6 is 0 Å². The first-order valence-corrected chi connectivity index (χ1v) is 26.5. The number of hydrogen-bond acceptors (Lipinski definition) is 11. The van der Waals surface area contributed by atoms with E-state index in [0.717, 1.165) is 19.3 Å². The zero-order chi connectivity index (χ0) is 44.3. The quantitative estimate of drug-likeness (QED) is 0.0803. The molecule has 4 aliphatic heterocycles. The SMILES string of the molecule is CCCCCCCCCCCCCC/C=C\C(=O)N1CCCC[C@@H]2NC(=O)[C@H]3N=C(O[C@@H]3C)c3ccccc3[O][Ga]([O]1)[O]N1CCCC[C@H](NC(=O)[C@@H](C)[C@@H](CC)OC2=O)C1=O. The van der Waals surface area contributed by atoms with E-state index >= 15 is 0 Å². The van der Waals surface area contributed by atoms with Gasteiger partial charge in [0.25, 0.3) is 0 Å². The Kier molecular flexibility index (Phi) is 20.7. The Morgan fingerprint density at radius 2 is 1.44 bits per heavy atom. The van der Waals surface area contributed by atoms with Crippen molar-refractivity contribution in [3.05, 3.63) is 42.0 Å². The number of benzene rings is 1. The van der Waals surface area contributed by atoms with Gasteiger partial charge in [0.2, 0.25) is 0 Å². The number of unbranched alkanes of at least 4 members (excludes halogenated alkanes) is 12. The van der Waals surface area contributed by atoms with Gasteiger partial charge in [-0.3, -0.25) is 0 Å². The van der Waals surface area contributed by atoms with Gasteiger partial charge in [-0.15, -0.1) is 0 Å². The molecule has 6 bridgehead atoms. The molecule has 5 rings (SSSR count). The molecule has 4 amide bonds. The predicted molar refractivity (Wildman–Crippen MR) is 235 cm³/mol. The molecule has 0 saturated carbocycles. The van der Waals surface area contributed by atoms with Crippen molar-refractivity contribution in [1.82, 2.24) is 20.8 Å². The third-order valence-electron chi connectivity index (χ3n) is 12.1. The molecule has 1 aromatic rings. The van der Waals surface area contributed by atoms with Gasteiger partial charge in [-0.05, 0) is 0 Å². The topological polar surface area (TPSA) is 174 Å². The number of rotatable bonds is 15. The van der Waals surface area contributed by atoms with Crippen LogP contribution in [0.25, 0.3) is 0 Å². The van der Waals surface area contributed by atoms with Crippen LogP contribution in [-0.4, -0.2) is 106 Å². The number of esters is 1. The fourth-order valence-electron chi connectivity index (χ4n) is 8.21. The first-order valence-electron chi connectivity index (χ1n) is 23.5. The molecule has 4 heterocycles. The summed E-state index contributed by atoms with van der Waals surface area (Å²) in [5.41, 5.74) is 0.419. The molecule has 4 aliphatic rings. The zero-order valence-corrected chi connectivity index (χ0v) is 39.9. The number of amides is 4. The average molecular weight is 923 g/mol. The maximum absolute atomic E-state index is 14.1. The fraction of sp³-hybridized carbons (Fsp3) is 0.696. The Bertz CT molecular complexity index is 1690. The first-order chi connectivity index (χ1) is 30.1. The van der Waals surface area contributed by atoms with Crippen molar-refractivity contribution < 1.29 is 44.2 Å². The van der Waals surface area contributed by atoms with Crippen molar-refractivity contribution >= 4 is 52.8 Å². The summed E-state index contributed by atoms with van der Waals surface area (Å²) in [6, 6.07) is 3.96. The van der Waals surface area contributed by atoms with E-state index in [1.165, 1.54) is 80.4 Å². The first kappa shape index (κ1) is 49.2. The Morgan fingerprint density at radius 1 is 0.790 bits per heavy atom. The Morgan fingerprint density at radius 3 is 2.15 bits per heavy atom. The van der Waals surface area contributed by atoms with Crippen molar-refractivity contribution in [3.8, 4) is 5.75 Å². The summed E-state index contributed by atoms with van der Waals surface area (Å²) in [5.74, 6) is -2.91. The molecule has 0 radical (unpaired) electrons. The monoisotopic (exact) mass is 921 g/mol. The summed E-state index contributed by atoms with van der Waals surface area (Å²) in [6.07, 6.45) is 20.4. The Balaban J connectivity index is 1.39. The number of fused-ring (bicyclic) bond motifs is 12. The molecule has 342 valence electrons. The van der Waals surface area contributed by atoms with E-state index in [1.54, 1.807) is 38.1 Å². The van der Waals surface area contributed by atoms with Gasteiger partial charge < -0.3 is 0 Å². The minimum atomic E-state index is -4.22. The summed E-state index contributed by atoms with van der Waals surface area (Å²) < 4.78 is 31.6. The Labute approximate surface area is 374 Å². The van der Waals surface area contributed by atoms with Crippen molar-refractivity contribution in [2.24, 2.45) is 10.9 Å². The molecule has 0 unspecified atom stereocenters. The number of para-hydroxylation sites is 1. The predicted octanol–water partition coefficient (Wildman–Crippen LogP) is 7.06. The number of hydroxylamine groups is 4. The standard InChI is InChI=1S/C46H71N5O10.Ga/c1-5-7-8-9-10-11-12-13-14-15-16-17-18-19-30-40(53)50(58)31-24-23-28-37(48-43(55)41-34(4)60-44(49-41)35-26-20-21-29-38(35)52)46(57)61-39(6-2)33(3)42(54)47-36-27-22-25-32-51(59)45(36)56;/h19-21,26,29-30,33-34,36-37,39,41,52H,5-18,22-25,27-28,31-32H2,1-4H3,(H,47,54)(H,48,55);/q-2;+3/p-1/b30-19-;/t33-,34+,36-,37-,39+,41-;/m0./s1. The summed E-state index contributed by atoms with van der Waals surface area (Å²) in [6.45, 7) is 7.76. The van der Waals surface area contributed by atoms with E-state index in [2.05, 4.69) is 22.5 Å². The fourth-order valence-corrected chi connectivity index (χ4v) is 11.1. The molecule has 2 saturated heterocycles. The molecular weight excluding hydrogens is 852 g/mol. The molecule has 15 nitrogen and oxygen atoms in total. The molecule has 6 atom stereocenters. The van der Waals surface area contributed by atoms with Gasteiger partial charge in [0.1, 0.15) is 0 Å². The van der Waals surface area contributed by atoms with Crippen LogP contribution < -0.4 is 14.2 Å². The third kappa shape index (κ3) is 14.9. The van der Waals surface area contributed by atoms with Gasteiger partial charge in [-0.1, -0.05) is 45.4 Å². The summed E-state index contributed by atoms with van der Waals surface area (Å²) >= 11 is -4.22. The second kappa shape index (κ2) is 26.1. The number of cyclic esters (lactones) is 1. The number of nitrogens with one attached hydrogen (secondary N) is 2. The van der Waals surface area contributed by atoms with Crippen LogP contribution in [-0.2, 0) is 40.7 Å². The van der Waals surface area contributed by atoms with Gasteiger partial charge in [0.15, 0.2) is 0 Å². The van der Waals surface area contributed by atoms with Crippen LogP contribution in [0.4, 0.5) is 0 Å². The number of ether oxygens (including phenoxy) is 2. The summed E-state index contributed by atoms with van der Waals surface area (Å²) in [5, 5.41) is 8.17. The van der Waals surface area contributed by atoms with Crippen LogP contribution in [0.2, 0.25) is 0 Å². The van der Waals surface area contributed by atoms with Crippen molar-refractivity contribution in [3.63, 3.8) is 0 Å². The number of carbonyl (C=O) groups is 5. The van der Waals surface area contributed by atoms with E-state index in [-0.39, 0.29) is 31.2 Å². The van der Waals surface area contributed by atoms with E-state index in [4.69, 9.17) is 20.3 Å². The number of aliphatic imine (C=N–C) groups is 1. The molecule has 62 heavy (non-hydrogen) atoms. The zero-order valence-electron chi connectivity index (χ0n) is 37.5. The number of hydrogen-bond donors (Lipinski definition) is 2. The number of nitrogens with zero attached hydrogens (tertiary/aromatic N) is 3. The van der Waals surface area contributed by atoms with Crippen molar-refractivity contribution in [2.75, 3.05) is 13.1 Å². The van der Waals surface area contributed by atoms with Crippen molar-refractivity contribution in [1.29, 1.82) is 0 Å². The van der Waals surface area contributed by atoms with Gasteiger partial charge in [-0.25, -0.2) is 0 Å². The minimum absolute atomic E-state index is 0.115. The van der Waals surface area contributed by atoms with Crippen LogP contribution in [0.1, 0.15) is 162 Å². The number of allylic oxidation sites excluding steroid dienone is 1. The third-order valence-corrected chi connectivity index (χ3v) is 14.8. The Hall–Kier alpha value is -3.86. The van der Waals surface area contributed by atoms with E-state index < -0.39 is 83.2 Å². The van der Waals surface area contributed by atoms with Crippen molar-refractivity contribution in [2.45, 2.75) is 186 Å². The molecular formula is C46H70GaN5O10. The summed E-state index contributed by atoms with van der Waals surface area (Å²) in [4.78, 5) is 74.2. The van der Waals surface area contributed by atoms with Gasteiger partial charge >= 0.3 is 331 Å². The van der Waals surface area contributed by atoms with Crippen LogP contribution in [0, 0.1) is 5.92 Å². The molecule has 0 aliphatic carbocycles. The molecule has 2 N–H and O–H groups in total. The maximum atomic E-state index is 14.1.